The van der Waals surface area contributed by atoms with Crippen LogP contribution >= 0.6 is 0 Å². The number of likely N-dealkylation sites (tertiary alicyclic amines) is 1. The Bertz CT molecular complexity index is 477. The number of anilines is 1. The smallest absolute Gasteiger partial charge is 0.200 e. The largest absolute Gasteiger partial charge is 0.376 e. The maximum absolute atomic E-state index is 13.5. The summed E-state index contributed by atoms with van der Waals surface area (Å²) in [4.78, 5) is 2.05. The fraction of sp³-hybridized carbons (Fsp3) is 0.538. The van der Waals surface area contributed by atoms with Crippen LogP contribution in [0.25, 0.3) is 0 Å². The number of piperidine rings is 1. The van der Waals surface area contributed by atoms with Crippen molar-refractivity contribution in [1.82, 2.24) is 4.90 Å². The van der Waals surface area contributed by atoms with E-state index in [0.29, 0.717) is 13.0 Å². The Morgan fingerprint density at radius 2 is 1.55 bits per heavy atom. The predicted octanol–water partition coefficient (Wildman–Crippen LogP) is 3.28. The molecular weight excluding hydrogens is 279 g/mol. The molecular formula is C13H15F5N2. The van der Waals surface area contributed by atoms with Gasteiger partial charge in [-0.15, -0.1) is 0 Å². The molecule has 1 aliphatic rings. The number of nitrogens with one attached hydrogen (secondary N) is 1. The fourth-order valence-corrected chi connectivity index (χ4v) is 2.40. The first-order valence-corrected chi connectivity index (χ1v) is 6.46. The van der Waals surface area contributed by atoms with Crippen molar-refractivity contribution < 1.29 is 22.0 Å². The molecule has 112 valence electrons. The Balaban J connectivity index is 2.25. The molecule has 1 aliphatic heterocycles. The number of benzene rings is 1. The van der Waals surface area contributed by atoms with Gasteiger partial charge in [0.2, 0.25) is 5.82 Å². The number of halogens is 5. The average molecular weight is 294 g/mol. The van der Waals surface area contributed by atoms with Gasteiger partial charge in [0.1, 0.15) is 5.69 Å². The fourth-order valence-electron chi connectivity index (χ4n) is 2.40. The molecule has 0 radical (unpaired) electrons. The minimum absolute atomic E-state index is 0.336. The van der Waals surface area contributed by atoms with E-state index in [-0.39, 0.29) is 6.04 Å². The van der Waals surface area contributed by atoms with E-state index in [4.69, 9.17) is 0 Å². The van der Waals surface area contributed by atoms with E-state index in [2.05, 4.69) is 5.32 Å². The quantitative estimate of drug-likeness (QED) is 0.523. The van der Waals surface area contributed by atoms with Crippen LogP contribution in [0.3, 0.4) is 0 Å². The Morgan fingerprint density at radius 3 is 2.10 bits per heavy atom. The van der Waals surface area contributed by atoms with Gasteiger partial charge in [0.25, 0.3) is 0 Å². The molecule has 0 aliphatic carbocycles. The lowest BCUT2D eigenvalue weighted by Crippen LogP contribution is -2.42. The van der Waals surface area contributed by atoms with Crippen molar-refractivity contribution in [1.29, 1.82) is 0 Å². The molecule has 0 spiro atoms. The monoisotopic (exact) mass is 294 g/mol. The standard InChI is InChI=1S/C13H15F5N2/c1-2-20-5-3-4-7(6-20)19-13-11(17)9(15)8(14)10(16)12(13)18/h7,19H,2-6H2,1H3. The van der Waals surface area contributed by atoms with Crippen LogP contribution in [-0.2, 0) is 0 Å². The van der Waals surface area contributed by atoms with Crippen molar-refractivity contribution in [3.8, 4) is 0 Å². The zero-order chi connectivity index (χ0) is 14.9. The van der Waals surface area contributed by atoms with Gasteiger partial charge in [0.15, 0.2) is 23.3 Å². The summed E-state index contributed by atoms with van der Waals surface area (Å²) >= 11 is 0. The van der Waals surface area contributed by atoms with Crippen LogP contribution in [-0.4, -0.2) is 30.6 Å². The van der Waals surface area contributed by atoms with E-state index in [0.717, 1.165) is 19.5 Å². The third kappa shape index (κ3) is 2.72. The van der Waals surface area contributed by atoms with E-state index in [1.165, 1.54) is 0 Å². The summed E-state index contributed by atoms with van der Waals surface area (Å²) in [5.74, 6) is -9.60. The molecule has 1 fully saturated rings. The van der Waals surface area contributed by atoms with Gasteiger partial charge in [-0.25, -0.2) is 22.0 Å². The SMILES string of the molecule is CCN1CCCC(Nc2c(F)c(F)c(F)c(F)c2F)C1. The zero-order valence-electron chi connectivity index (χ0n) is 10.9. The Kier molecular flexibility index (Phi) is 4.47. The zero-order valence-corrected chi connectivity index (χ0v) is 10.9. The Labute approximate surface area is 113 Å². The summed E-state index contributed by atoms with van der Waals surface area (Å²) in [6.07, 6.45) is 1.43. The molecule has 1 atom stereocenters. The minimum atomic E-state index is -2.13. The molecule has 1 aromatic carbocycles. The van der Waals surface area contributed by atoms with Gasteiger partial charge in [-0.1, -0.05) is 6.92 Å². The summed E-state index contributed by atoms with van der Waals surface area (Å²) in [6, 6.07) is -0.336. The lowest BCUT2D eigenvalue weighted by atomic mass is 10.1. The van der Waals surface area contributed by atoms with Crippen LogP contribution in [0.5, 0.6) is 0 Å². The normalized spacial score (nSPS) is 20.2. The molecule has 7 heteroatoms. The molecule has 0 aromatic heterocycles. The number of nitrogens with zero attached hydrogens (tertiary/aromatic N) is 1. The number of likely N-dealkylation sites (N-methyl/N-ethyl adjacent to an activating group) is 1. The van der Waals surface area contributed by atoms with E-state index in [1.807, 2.05) is 11.8 Å². The third-order valence-electron chi connectivity index (χ3n) is 3.51. The summed E-state index contributed by atoms with van der Waals surface area (Å²) in [5, 5.41) is 2.45. The molecule has 20 heavy (non-hydrogen) atoms. The first-order chi connectivity index (χ1) is 9.45. The van der Waals surface area contributed by atoms with Gasteiger partial charge in [-0.05, 0) is 25.9 Å². The topological polar surface area (TPSA) is 15.3 Å². The Morgan fingerprint density at radius 1 is 1.00 bits per heavy atom. The lowest BCUT2D eigenvalue weighted by Gasteiger charge is -2.33. The van der Waals surface area contributed by atoms with Crippen molar-refractivity contribution in [3.63, 3.8) is 0 Å². The van der Waals surface area contributed by atoms with Crippen molar-refractivity contribution in [2.75, 3.05) is 25.0 Å². The van der Waals surface area contributed by atoms with Crippen LogP contribution in [0.15, 0.2) is 0 Å². The second kappa shape index (κ2) is 5.95. The highest BCUT2D eigenvalue weighted by atomic mass is 19.2. The number of rotatable bonds is 3. The summed E-state index contributed by atoms with van der Waals surface area (Å²) in [5.41, 5.74) is -0.940. The van der Waals surface area contributed by atoms with Crippen molar-refractivity contribution in [2.45, 2.75) is 25.8 Å². The highest BCUT2D eigenvalue weighted by Gasteiger charge is 2.28. The van der Waals surface area contributed by atoms with Gasteiger partial charge < -0.3 is 10.2 Å². The first kappa shape index (κ1) is 15.0. The second-order valence-electron chi connectivity index (χ2n) is 4.82. The second-order valence-corrected chi connectivity index (χ2v) is 4.82. The van der Waals surface area contributed by atoms with Gasteiger partial charge in [-0.2, -0.15) is 0 Å². The molecule has 1 unspecified atom stereocenters. The van der Waals surface area contributed by atoms with E-state index in [1.54, 1.807) is 0 Å². The molecule has 1 heterocycles. The van der Waals surface area contributed by atoms with Crippen LogP contribution in [0.1, 0.15) is 19.8 Å². The van der Waals surface area contributed by atoms with Crippen molar-refractivity contribution >= 4 is 5.69 Å². The molecule has 0 bridgehead atoms. The van der Waals surface area contributed by atoms with Crippen LogP contribution in [0.4, 0.5) is 27.6 Å². The molecule has 0 amide bonds. The predicted molar refractivity (Wildman–Crippen MR) is 65.0 cm³/mol. The summed E-state index contributed by atoms with van der Waals surface area (Å²) < 4.78 is 66.2. The van der Waals surface area contributed by atoms with Crippen LogP contribution < -0.4 is 5.32 Å². The molecule has 1 saturated heterocycles. The summed E-state index contributed by atoms with van der Waals surface area (Å²) in [6.45, 7) is 4.10. The molecule has 1 aromatic rings. The molecule has 2 nitrogen and oxygen atoms in total. The Hall–Kier alpha value is -1.37. The minimum Gasteiger partial charge on any atom is -0.376 e. The van der Waals surface area contributed by atoms with E-state index < -0.39 is 34.8 Å². The van der Waals surface area contributed by atoms with Gasteiger partial charge >= 0.3 is 0 Å². The van der Waals surface area contributed by atoms with Gasteiger partial charge in [0.05, 0.1) is 0 Å². The van der Waals surface area contributed by atoms with E-state index in [9.17, 15) is 22.0 Å². The molecule has 2 rings (SSSR count). The average Bonchev–Trinajstić information content (AvgIpc) is 2.48. The number of hydrogen-bond acceptors (Lipinski definition) is 2. The molecule has 1 N–H and O–H groups in total. The molecule has 0 saturated carbocycles. The lowest BCUT2D eigenvalue weighted by molar-refractivity contribution is 0.226. The maximum atomic E-state index is 13.5. The number of hydrogen-bond donors (Lipinski definition) is 1. The van der Waals surface area contributed by atoms with Crippen molar-refractivity contribution in [3.05, 3.63) is 29.1 Å². The highest BCUT2D eigenvalue weighted by Crippen LogP contribution is 2.28. The van der Waals surface area contributed by atoms with Gasteiger partial charge in [-0.3, -0.25) is 0 Å². The maximum Gasteiger partial charge on any atom is 0.200 e. The van der Waals surface area contributed by atoms with E-state index >= 15 is 0 Å². The summed E-state index contributed by atoms with van der Waals surface area (Å²) in [7, 11) is 0. The van der Waals surface area contributed by atoms with Crippen LogP contribution in [0, 0.1) is 29.1 Å². The van der Waals surface area contributed by atoms with Gasteiger partial charge in [0, 0.05) is 12.6 Å². The van der Waals surface area contributed by atoms with Crippen molar-refractivity contribution in [2.24, 2.45) is 0 Å². The highest BCUT2D eigenvalue weighted by molar-refractivity contribution is 5.48. The third-order valence-corrected chi connectivity index (χ3v) is 3.51. The first-order valence-electron chi connectivity index (χ1n) is 6.46. The van der Waals surface area contributed by atoms with Crippen LogP contribution in [0.2, 0.25) is 0 Å².